The number of rotatable bonds is 5. The monoisotopic (exact) mass is 394 g/mol. The summed E-state index contributed by atoms with van der Waals surface area (Å²) < 4.78 is 0. The van der Waals surface area contributed by atoms with Gasteiger partial charge in [0.1, 0.15) is 0 Å². The number of nitrogens with zero attached hydrogens (tertiary/aromatic N) is 2. The predicted octanol–water partition coefficient (Wildman–Crippen LogP) is 3.33. The van der Waals surface area contributed by atoms with E-state index in [1.54, 1.807) is 0 Å². The van der Waals surface area contributed by atoms with Gasteiger partial charge in [-0.15, -0.1) is 0 Å². The Labute approximate surface area is 172 Å². The second kappa shape index (κ2) is 9.56. The van der Waals surface area contributed by atoms with Crippen LogP contribution in [0.2, 0.25) is 0 Å². The van der Waals surface area contributed by atoms with Gasteiger partial charge in [-0.05, 0) is 44.0 Å². The van der Waals surface area contributed by atoms with E-state index in [1.165, 1.54) is 5.56 Å². The van der Waals surface area contributed by atoms with Crippen molar-refractivity contribution in [2.75, 3.05) is 38.0 Å². The van der Waals surface area contributed by atoms with Crippen LogP contribution in [0.3, 0.4) is 0 Å². The molecule has 1 saturated heterocycles. The van der Waals surface area contributed by atoms with E-state index in [-0.39, 0.29) is 18.0 Å². The van der Waals surface area contributed by atoms with Gasteiger partial charge in [0.05, 0.1) is 12.6 Å². The molecule has 154 valence electrons. The van der Waals surface area contributed by atoms with Crippen molar-refractivity contribution in [3.63, 3.8) is 0 Å². The van der Waals surface area contributed by atoms with Gasteiger partial charge in [-0.1, -0.05) is 42.0 Å². The molecule has 1 atom stereocenters. The molecule has 3 rings (SSSR count). The van der Waals surface area contributed by atoms with Crippen LogP contribution in [0.4, 0.5) is 10.5 Å². The fourth-order valence-corrected chi connectivity index (χ4v) is 3.58. The van der Waals surface area contributed by atoms with Crippen LogP contribution >= 0.6 is 0 Å². The van der Waals surface area contributed by atoms with Gasteiger partial charge in [0, 0.05) is 31.9 Å². The largest absolute Gasteiger partial charge is 0.331 e. The van der Waals surface area contributed by atoms with E-state index in [4.69, 9.17) is 0 Å². The topological polar surface area (TPSA) is 64.7 Å². The lowest BCUT2D eigenvalue weighted by molar-refractivity contribution is -0.117. The van der Waals surface area contributed by atoms with Crippen LogP contribution in [0, 0.1) is 13.8 Å². The highest BCUT2D eigenvalue weighted by atomic mass is 16.2. The predicted molar refractivity (Wildman–Crippen MR) is 116 cm³/mol. The molecule has 2 aromatic carbocycles. The second-order valence-electron chi connectivity index (χ2n) is 7.71. The Morgan fingerprint density at radius 1 is 0.966 bits per heavy atom. The Balaban J connectivity index is 1.43. The summed E-state index contributed by atoms with van der Waals surface area (Å²) in [5, 5.41) is 6.02. The lowest BCUT2D eigenvalue weighted by Crippen LogP contribution is -2.53. The van der Waals surface area contributed by atoms with E-state index in [2.05, 4.69) is 28.5 Å². The third-order valence-electron chi connectivity index (χ3n) is 5.36. The van der Waals surface area contributed by atoms with Crippen LogP contribution in [0.25, 0.3) is 0 Å². The molecule has 0 aromatic heterocycles. The molecular weight excluding hydrogens is 364 g/mol. The van der Waals surface area contributed by atoms with E-state index in [0.717, 1.165) is 16.8 Å². The van der Waals surface area contributed by atoms with Gasteiger partial charge < -0.3 is 15.5 Å². The molecule has 29 heavy (non-hydrogen) atoms. The molecule has 1 aliphatic rings. The number of nitrogens with one attached hydrogen (secondary N) is 2. The van der Waals surface area contributed by atoms with Crippen LogP contribution < -0.4 is 10.6 Å². The molecule has 0 aliphatic carbocycles. The van der Waals surface area contributed by atoms with Crippen molar-refractivity contribution in [3.8, 4) is 0 Å². The summed E-state index contributed by atoms with van der Waals surface area (Å²) >= 11 is 0. The zero-order valence-electron chi connectivity index (χ0n) is 17.4. The van der Waals surface area contributed by atoms with Gasteiger partial charge in [-0.3, -0.25) is 9.69 Å². The number of hydrogen-bond donors (Lipinski definition) is 2. The highest BCUT2D eigenvalue weighted by Crippen LogP contribution is 2.17. The number of carbonyl (C=O) groups is 2. The standard InChI is InChI=1S/C23H30N4O2/c1-17-8-10-20(11-9-17)25-22(28)16-26-12-14-27(15-13-26)23(29)24-19(3)21-7-5-4-6-18(21)2/h4-11,19H,12-16H2,1-3H3,(H,24,29)(H,25,28). The number of hydrogen-bond acceptors (Lipinski definition) is 3. The second-order valence-corrected chi connectivity index (χ2v) is 7.71. The molecule has 2 aromatic rings. The van der Waals surface area contributed by atoms with Crippen LogP contribution in [-0.2, 0) is 4.79 Å². The van der Waals surface area contributed by atoms with Gasteiger partial charge in [-0.2, -0.15) is 0 Å². The highest BCUT2D eigenvalue weighted by Gasteiger charge is 2.23. The number of amides is 3. The lowest BCUT2D eigenvalue weighted by Gasteiger charge is -2.35. The smallest absolute Gasteiger partial charge is 0.317 e. The van der Waals surface area contributed by atoms with Crippen molar-refractivity contribution in [3.05, 3.63) is 65.2 Å². The van der Waals surface area contributed by atoms with Crippen molar-refractivity contribution >= 4 is 17.6 Å². The molecule has 1 heterocycles. The zero-order chi connectivity index (χ0) is 20.8. The normalized spacial score (nSPS) is 15.6. The summed E-state index contributed by atoms with van der Waals surface area (Å²) in [7, 11) is 0. The van der Waals surface area contributed by atoms with Gasteiger partial charge in [0.2, 0.25) is 5.91 Å². The van der Waals surface area contributed by atoms with Crippen LogP contribution in [0.5, 0.6) is 0 Å². The van der Waals surface area contributed by atoms with Gasteiger partial charge in [-0.25, -0.2) is 4.79 Å². The molecular formula is C23H30N4O2. The molecule has 0 saturated carbocycles. The summed E-state index contributed by atoms with van der Waals surface area (Å²) in [5.74, 6) is -0.0278. The molecule has 1 fully saturated rings. The summed E-state index contributed by atoms with van der Waals surface area (Å²) in [6, 6.07) is 15.8. The average Bonchev–Trinajstić information content (AvgIpc) is 2.70. The van der Waals surface area contributed by atoms with Crippen molar-refractivity contribution in [1.29, 1.82) is 0 Å². The third kappa shape index (κ3) is 5.81. The number of piperazine rings is 1. The fraction of sp³-hybridized carbons (Fsp3) is 0.391. The molecule has 2 N–H and O–H groups in total. The summed E-state index contributed by atoms with van der Waals surface area (Å²) in [6.45, 7) is 9.02. The first-order valence-corrected chi connectivity index (χ1v) is 10.1. The zero-order valence-corrected chi connectivity index (χ0v) is 17.4. The van der Waals surface area contributed by atoms with Crippen molar-refractivity contribution < 1.29 is 9.59 Å². The van der Waals surface area contributed by atoms with Gasteiger partial charge in [0.25, 0.3) is 0 Å². The van der Waals surface area contributed by atoms with E-state index in [0.29, 0.717) is 32.7 Å². The van der Waals surface area contributed by atoms with Crippen LogP contribution in [0.15, 0.2) is 48.5 Å². The number of benzene rings is 2. The number of aryl methyl sites for hydroxylation is 2. The molecule has 1 aliphatic heterocycles. The van der Waals surface area contributed by atoms with Crippen molar-refractivity contribution in [1.82, 2.24) is 15.1 Å². The molecule has 0 radical (unpaired) electrons. The molecule has 1 unspecified atom stereocenters. The molecule has 0 spiro atoms. The van der Waals surface area contributed by atoms with Crippen molar-refractivity contribution in [2.45, 2.75) is 26.8 Å². The first-order chi connectivity index (χ1) is 13.9. The number of anilines is 1. The van der Waals surface area contributed by atoms with E-state index >= 15 is 0 Å². The van der Waals surface area contributed by atoms with E-state index in [9.17, 15) is 9.59 Å². The maximum Gasteiger partial charge on any atom is 0.317 e. The number of urea groups is 1. The molecule has 3 amide bonds. The summed E-state index contributed by atoms with van der Waals surface area (Å²) in [4.78, 5) is 28.8. The Hall–Kier alpha value is -2.86. The van der Waals surface area contributed by atoms with E-state index < -0.39 is 0 Å². The highest BCUT2D eigenvalue weighted by molar-refractivity contribution is 5.92. The Kier molecular flexibility index (Phi) is 6.88. The fourth-order valence-electron chi connectivity index (χ4n) is 3.58. The van der Waals surface area contributed by atoms with Crippen LogP contribution in [-0.4, -0.2) is 54.5 Å². The first kappa shape index (κ1) is 20.9. The minimum absolute atomic E-state index is 0.0278. The average molecular weight is 395 g/mol. The van der Waals surface area contributed by atoms with E-state index in [1.807, 2.05) is 61.2 Å². The molecule has 6 heteroatoms. The Morgan fingerprint density at radius 2 is 1.62 bits per heavy atom. The molecule has 0 bridgehead atoms. The maximum atomic E-state index is 12.6. The minimum atomic E-state index is -0.0514. The third-order valence-corrected chi connectivity index (χ3v) is 5.36. The lowest BCUT2D eigenvalue weighted by atomic mass is 10.0. The van der Waals surface area contributed by atoms with Gasteiger partial charge in [0.15, 0.2) is 0 Å². The van der Waals surface area contributed by atoms with Crippen molar-refractivity contribution in [2.24, 2.45) is 0 Å². The summed E-state index contributed by atoms with van der Waals surface area (Å²) in [6.07, 6.45) is 0. The SMILES string of the molecule is Cc1ccc(NC(=O)CN2CCN(C(=O)NC(C)c3ccccc3C)CC2)cc1. The number of carbonyl (C=O) groups excluding carboxylic acids is 2. The Bertz CT molecular complexity index is 842. The maximum absolute atomic E-state index is 12.6. The first-order valence-electron chi connectivity index (χ1n) is 10.1. The van der Waals surface area contributed by atoms with Crippen LogP contribution in [0.1, 0.15) is 29.7 Å². The summed E-state index contributed by atoms with van der Waals surface area (Å²) in [5.41, 5.74) is 4.27. The minimum Gasteiger partial charge on any atom is -0.331 e. The van der Waals surface area contributed by atoms with Gasteiger partial charge >= 0.3 is 6.03 Å². The quantitative estimate of drug-likeness (QED) is 0.818. The molecule has 6 nitrogen and oxygen atoms in total. The Morgan fingerprint density at radius 3 is 2.28 bits per heavy atom.